The Balaban J connectivity index is 1.50. The van der Waals surface area contributed by atoms with Gasteiger partial charge in [0.1, 0.15) is 11.5 Å². The number of aryl methyl sites for hydroxylation is 2. The molecular formula is C23H31N3O4. The van der Waals surface area contributed by atoms with E-state index in [1.54, 1.807) is 17.9 Å². The number of hydrogen-bond donors (Lipinski definition) is 1. The van der Waals surface area contributed by atoms with E-state index < -0.39 is 0 Å². The summed E-state index contributed by atoms with van der Waals surface area (Å²) in [6.07, 6.45) is 1.40. The Labute approximate surface area is 177 Å². The monoisotopic (exact) mass is 413 g/mol. The lowest BCUT2D eigenvalue weighted by Crippen LogP contribution is -2.47. The van der Waals surface area contributed by atoms with Crippen LogP contribution in [0.1, 0.15) is 61.0 Å². The van der Waals surface area contributed by atoms with Crippen LogP contribution in [0.2, 0.25) is 0 Å². The minimum Gasteiger partial charge on any atom is -0.483 e. The molecule has 0 unspecified atom stereocenters. The fourth-order valence-electron chi connectivity index (χ4n) is 3.59. The molecule has 1 aromatic heterocycles. The first-order valence-corrected chi connectivity index (χ1v) is 10.4. The normalized spacial score (nSPS) is 15.2. The number of amides is 2. The van der Waals surface area contributed by atoms with Crippen molar-refractivity contribution in [3.8, 4) is 5.75 Å². The first-order chi connectivity index (χ1) is 14.1. The molecule has 2 amide bonds. The lowest BCUT2D eigenvalue weighted by Gasteiger charge is -2.32. The standard InChI is InChI=1S/C23H31N3O4/c1-15-6-7-20(18(12-15)23(3,4)5)29-14-21(27)26-10-8-17(9-11-26)24-22(28)19-13-16(2)30-25-19/h6-7,12-13,17H,8-11,14H2,1-5H3,(H,24,28). The summed E-state index contributed by atoms with van der Waals surface area (Å²) < 4.78 is 10.9. The Hall–Kier alpha value is -2.83. The fourth-order valence-corrected chi connectivity index (χ4v) is 3.59. The maximum atomic E-state index is 12.6. The zero-order chi connectivity index (χ0) is 21.9. The number of hydrogen-bond acceptors (Lipinski definition) is 5. The molecule has 7 nitrogen and oxygen atoms in total. The molecule has 0 atom stereocenters. The second-order valence-corrected chi connectivity index (χ2v) is 8.99. The van der Waals surface area contributed by atoms with Gasteiger partial charge in [-0.1, -0.05) is 43.6 Å². The molecular weight excluding hydrogens is 382 g/mol. The zero-order valence-electron chi connectivity index (χ0n) is 18.4. The molecule has 0 aliphatic carbocycles. The number of aromatic nitrogens is 1. The van der Waals surface area contributed by atoms with Crippen LogP contribution < -0.4 is 10.1 Å². The number of nitrogens with one attached hydrogen (secondary N) is 1. The zero-order valence-corrected chi connectivity index (χ0v) is 18.4. The molecule has 1 fully saturated rings. The van der Waals surface area contributed by atoms with Gasteiger partial charge in [0.25, 0.3) is 11.8 Å². The van der Waals surface area contributed by atoms with Crippen LogP contribution in [0, 0.1) is 13.8 Å². The van der Waals surface area contributed by atoms with Crippen molar-refractivity contribution in [3.05, 3.63) is 46.8 Å². The van der Waals surface area contributed by atoms with Gasteiger partial charge in [-0.05, 0) is 43.7 Å². The molecule has 0 bridgehead atoms. The van der Waals surface area contributed by atoms with Gasteiger partial charge in [-0.2, -0.15) is 0 Å². The van der Waals surface area contributed by atoms with Gasteiger partial charge in [0.15, 0.2) is 12.3 Å². The SMILES string of the molecule is Cc1ccc(OCC(=O)N2CCC(NC(=O)c3cc(C)on3)CC2)c(C(C)(C)C)c1. The predicted molar refractivity (Wildman–Crippen MR) is 114 cm³/mol. The summed E-state index contributed by atoms with van der Waals surface area (Å²) >= 11 is 0. The molecule has 1 aromatic carbocycles. The second kappa shape index (κ2) is 8.90. The number of piperidine rings is 1. The van der Waals surface area contributed by atoms with Crippen LogP contribution >= 0.6 is 0 Å². The Kier molecular flexibility index (Phi) is 6.48. The minimum absolute atomic E-state index is 0.0153. The average Bonchev–Trinajstić information content (AvgIpc) is 3.13. The van der Waals surface area contributed by atoms with E-state index in [1.165, 1.54) is 5.56 Å². The largest absolute Gasteiger partial charge is 0.483 e. The van der Waals surface area contributed by atoms with Gasteiger partial charge in [0.2, 0.25) is 0 Å². The molecule has 0 saturated carbocycles. The number of carbonyl (C=O) groups excluding carboxylic acids is 2. The molecule has 2 aromatic rings. The van der Waals surface area contributed by atoms with Crippen molar-refractivity contribution in [3.63, 3.8) is 0 Å². The molecule has 30 heavy (non-hydrogen) atoms. The van der Waals surface area contributed by atoms with E-state index in [0.717, 1.165) is 11.3 Å². The van der Waals surface area contributed by atoms with Crippen molar-refractivity contribution >= 4 is 11.8 Å². The van der Waals surface area contributed by atoms with E-state index in [9.17, 15) is 9.59 Å². The van der Waals surface area contributed by atoms with Gasteiger partial charge >= 0.3 is 0 Å². The van der Waals surface area contributed by atoms with Crippen molar-refractivity contribution in [2.24, 2.45) is 0 Å². The summed E-state index contributed by atoms with van der Waals surface area (Å²) in [5.41, 5.74) is 2.49. The van der Waals surface area contributed by atoms with E-state index in [1.807, 2.05) is 12.1 Å². The van der Waals surface area contributed by atoms with Crippen molar-refractivity contribution in [2.45, 2.75) is 58.9 Å². The number of ether oxygens (including phenoxy) is 1. The number of rotatable bonds is 5. The van der Waals surface area contributed by atoms with Gasteiger partial charge in [-0.3, -0.25) is 9.59 Å². The third-order valence-corrected chi connectivity index (χ3v) is 5.34. The summed E-state index contributed by atoms with van der Waals surface area (Å²) in [4.78, 5) is 26.6. The number of likely N-dealkylation sites (tertiary alicyclic amines) is 1. The maximum Gasteiger partial charge on any atom is 0.273 e. The molecule has 1 saturated heterocycles. The van der Waals surface area contributed by atoms with Gasteiger partial charge in [-0.15, -0.1) is 0 Å². The summed E-state index contributed by atoms with van der Waals surface area (Å²) in [7, 11) is 0. The van der Waals surface area contributed by atoms with Crippen LogP contribution in [0.3, 0.4) is 0 Å². The molecule has 3 rings (SSSR count). The first kappa shape index (κ1) is 21.9. The van der Waals surface area contributed by atoms with Crippen molar-refractivity contribution in [2.75, 3.05) is 19.7 Å². The Morgan fingerprint density at radius 2 is 1.90 bits per heavy atom. The molecule has 2 heterocycles. The van der Waals surface area contributed by atoms with E-state index in [4.69, 9.17) is 9.26 Å². The maximum absolute atomic E-state index is 12.6. The third-order valence-electron chi connectivity index (χ3n) is 5.34. The molecule has 1 aliphatic heterocycles. The molecule has 0 spiro atoms. The first-order valence-electron chi connectivity index (χ1n) is 10.4. The van der Waals surface area contributed by atoms with Gasteiger partial charge in [0, 0.05) is 25.2 Å². The quantitative estimate of drug-likeness (QED) is 0.812. The summed E-state index contributed by atoms with van der Waals surface area (Å²) in [5, 5.41) is 6.70. The highest BCUT2D eigenvalue weighted by molar-refractivity contribution is 5.92. The molecule has 0 radical (unpaired) electrons. The third kappa shape index (κ3) is 5.40. The van der Waals surface area contributed by atoms with Gasteiger partial charge < -0.3 is 19.5 Å². The highest BCUT2D eigenvalue weighted by atomic mass is 16.5. The van der Waals surface area contributed by atoms with Crippen LogP contribution in [0.15, 0.2) is 28.8 Å². The molecule has 1 aliphatic rings. The van der Waals surface area contributed by atoms with Crippen LogP contribution in [-0.4, -0.2) is 47.6 Å². The van der Waals surface area contributed by atoms with Crippen LogP contribution in [0.4, 0.5) is 0 Å². The van der Waals surface area contributed by atoms with Crippen LogP contribution in [0.25, 0.3) is 0 Å². The van der Waals surface area contributed by atoms with Gasteiger partial charge in [0.05, 0.1) is 0 Å². The Morgan fingerprint density at radius 3 is 2.50 bits per heavy atom. The number of benzene rings is 1. The van der Waals surface area contributed by atoms with Gasteiger partial charge in [-0.25, -0.2) is 0 Å². The molecule has 162 valence electrons. The van der Waals surface area contributed by atoms with Crippen LogP contribution in [-0.2, 0) is 10.2 Å². The summed E-state index contributed by atoms with van der Waals surface area (Å²) in [5.74, 6) is 1.08. The molecule has 1 N–H and O–H groups in total. The average molecular weight is 414 g/mol. The Morgan fingerprint density at radius 1 is 1.20 bits per heavy atom. The predicted octanol–water partition coefficient (Wildman–Crippen LogP) is 3.39. The van der Waals surface area contributed by atoms with Crippen molar-refractivity contribution < 1.29 is 18.8 Å². The van der Waals surface area contributed by atoms with Crippen molar-refractivity contribution in [1.29, 1.82) is 0 Å². The fraction of sp³-hybridized carbons (Fsp3) is 0.522. The Bertz CT molecular complexity index is 905. The lowest BCUT2D eigenvalue weighted by molar-refractivity contribution is -0.134. The van der Waals surface area contributed by atoms with E-state index >= 15 is 0 Å². The molecule has 7 heteroatoms. The number of carbonyl (C=O) groups is 2. The highest BCUT2D eigenvalue weighted by Gasteiger charge is 2.26. The minimum atomic E-state index is -0.242. The van der Waals surface area contributed by atoms with Crippen molar-refractivity contribution in [1.82, 2.24) is 15.4 Å². The summed E-state index contributed by atoms with van der Waals surface area (Å²) in [6, 6.07) is 7.69. The van der Waals surface area contributed by atoms with E-state index in [-0.39, 0.29) is 35.6 Å². The smallest absolute Gasteiger partial charge is 0.273 e. The highest BCUT2D eigenvalue weighted by Crippen LogP contribution is 2.32. The second-order valence-electron chi connectivity index (χ2n) is 8.99. The van der Waals surface area contributed by atoms with E-state index in [2.05, 4.69) is 44.2 Å². The topological polar surface area (TPSA) is 84.7 Å². The van der Waals surface area contributed by atoms with E-state index in [0.29, 0.717) is 31.7 Å². The van der Waals surface area contributed by atoms with Crippen LogP contribution in [0.5, 0.6) is 5.75 Å². The summed E-state index contributed by atoms with van der Waals surface area (Å²) in [6.45, 7) is 11.4. The lowest BCUT2D eigenvalue weighted by atomic mass is 9.85. The number of nitrogens with zero attached hydrogens (tertiary/aromatic N) is 2.